The largest absolute Gasteiger partial charge is 0.507 e. The SMILES string of the molecule is CC(C)CC(C)N(Cc1cc(C(C)(C)C)cc(C(C)(C)C)c1O)c1ccc(Nc2ccc(Cc3ccc(Nc4ccccc4)cc3)cc2)cc1. The standard InChI is InChI=1S/C46H57N3O/c1-32(2)27-33(3)49(31-36-29-37(45(4,5)6)30-43(44(36)50)46(7,8)9)42-25-23-41(24-26-42)48-40-21-17-35(18-22-40)28-34-15-19-39(20-16-34)47-38-13-11-10-12-14-38/h10-26,29-30,32-33,47-48,50H,27-28,31H2,1-9H3. The van der Waals surface area contributed by atoms with Crippen LogP contribution in [0.5, 0.6) is 5.75 Å². The monoisotopic (exact) mass is 667 g/mol. The number of nitrogens with zero attached hydrogens (tertiary/aromatic N) is 1. The van der Waals surface area contributed by atoms with Crippen LogP contribution >= 0.6 is 0 Å². The van der Waals surface area contributed by atoms with Crippen molar-refractivity contribution < 1.29 is 5.11 Å². The Labute approximate surface area is 301 Å². The molecular weight excluding hydrogens is 611 g/mol. The lowest BCUT2D eigenvalue weighted by Gasteiger charge is -2.34. The minimum Gasteiger partial charge on any atom is -0.507 e. The van der Waals surface area contributed by atoms with Gasteiger partial charge in [0.1, 0.15) is 5.75 Å². The fraction of sp³-hybridized carbons (Fsp3) is 0.348. The average Bonchev–Trinajstić information content (AvgIpc) is 3.05. The van der Waals surface area contributed by atoms with Crippen molar-refractivity contribution in [1.29, 1.82) is 0 Å². The summed E-state index contributed by atoms with van der Waals surface area (Å²) >= 11 is 0. The molecule has 5 rings (SSSR count). The highest BCUT2D eigenvalue weighted by Crippen LogP contribution is 2.39. The van der Waals surface area contributed by atoms with E-state index < -0.39 is 0 Å². The van der Waals surface area contributed by atoms with Crippen molar-refractivity contribution in [1.82, 2.24) is 0 Å². The number of benzene rings is 5. The van der Waals surface area contributed by atoms with Crippen LogP contribution < -0.4 is 15.5 Å². The van der Waals surface area contributed by atoms with Crippen LogP contribution in [0.1, 0.15) is 96.6 Å². The molecule has 0 saturated heterocycles. The van der Waals surface area contributed by atoms with E-state index in [1.165, 1.54) is 16.7 Å². The minimum atomic E-state index is -0.161. The Morgan fingerprint density at radius 1 is 0.600 bits per heavy atom. The molecule has 0 radical (unpaired) electrons. The normalized spacial score (nSPS) is 12.5. The Morgan fingerprint density at radius 3 is 1.54 bits per heavy atom. The summed E-state index contributed by atoms with van der Waals surface area (Å²) in [6.45, 7) is 20.8. The molecule has 1 atom stereocenters. The van der Waals surface area contributed by atoms with Crippen molar-refractivity contribution in [2.24, 2.45) is 5.92 Å². The lowest BCUT2D eigenvalue weighted by molar-refractivity contribution is 0.432. The Balaban J connectivity index is 1.29. The molecule has 4 heteroatoms. The Morgan fingerprint density at radius 2 is 1.08 bits per heavy atom. The highest BCUT2D eigenvalue weighted by atomic mass is 16.3. The van der Waals surface area contributed by atoms with E-state index in [1.807, 2.05) is 18.2 Å². The van der Waals surface area contributed by atoms with Crippen LogP contribution in [0.3, 0.4) is 0 Å². The van der Waals surface area contributed by atoms with Crippen molar-refractivity contribution in [3.8, 4) is 5.75 Å². The second-order valence-corrected chi connectivity index (χ2v) is 16.4. The number of hydrogen-bond acceptors (Lipinski definition) is 4. The minimum absolute atomic E-state index is 0.0195. The predicted molar refractivity (Wildman–Crippen MR) is 216 cm³/mol. The van der Waals surface area contributed by atoms with Gasteiger partial charge in [0.25, 0.3) is 0 Å². The molecule has 0 aliphatic rings. The molecule has 0 aliphatic heterocycles. The lowest BCUT2D eigenvalue weighted by Crippen LogP contribution is -2.34. The van der Waals surface area contributed by atoms with Crippen LogP contribution in [0.15, 0.2) is 115 Å². The second kappa shape index (κ2) is 15.5. The zero-order chi connectivity index (χ0) is 36.1. The van der Waals surface area contributed by atoms with Gasteiger partial charge in [-0.15, -0.1) is 0 Å². The van der Waals surface area contributed by atoms with E-state index >= 15 is 0 Å². The van der Waals surface area contributed by atoms with E-state index in [-0.39, 0.29) is 10.8 Å². The highest BCUT2D eigenvalue weighted by molar-refractivity contribution is 5.64. The van der Waals surface area contributed by atoms with Crippen molar-refractivity contribution in [3.63, 3.8) is 0 Å². The maximum absolute atomic E-state index is 11.6. The van der Waals surface area contributed by atoms with Gasteiger partial charge in [-0.2, -0.15) is 0 Å². The molecule has 0 aromatic heterocycles. The molecule has 50 heavy (non-hydrogen) atoms. The average molecular weight is 668 g/mol. The second-order valence-electron chi connectivity index (χ2n) is 16.4. The third kappa shape index (κ3) is 9.72. The van der Waals surface area contributed by atoms with Gasteiger partial charge in [0.05, 0.1) is 0 Å². The van der Waals surface area contributed by atoms with Crippen LogP contribution in [0.2, 0.25) is 0 Å². The first-order valence-electron chi connectivity index (χ1n) is 18.2. The Kier molecular flexibility index (Phi) is 11.3. The molecule has 1 unspecified atom stereocenters. The Bertz CT molecular complexity index is 1810. The van der Waals surface area contributed by atoms with Gasteiger partial charge < -0.3 is 20.6 Å². The number of para-hydroxylation sites is 1. The van der Waals surface area contributed by atoms with E-state index in [9.17, 15) is 5.11 Å². The smallest absolute Gasteiger partial charge is 0.124 e. The van der Waals surface area contributed by atoms with Gasteiger partial charge in [-0.05, 0) is 125 Å². The third-order valence-corrected chi connectivity index (χ3v) is 9.41. The number of hydrogen-bond donors (Lipinski definition) is 3. The Hall–Kier alpha value is -4.70. The van der Waals surface area contributed by atoms with Crippen LogP contribution in [0.4, 0.5) is 28.4 Å². The molecule has 5 aromatic carbocycles. The number of nitrogens with one attached hydrogen (secondary N) is 2. The number of aromatic hydroxyl groups is 1. The molecule has 5 aromatic rings. The van der Waals surface area contributed by atoms with Crippen molar-refractivity contribution in [2.75, 3.05) is 15.5 Å². The molecule has 0 spiro atoms. The van der Waals surface area contributed by atoms with E-state index in [1.54, 1.807) is 0 Å². The summed E-state index contributed by atoms with van der Waals surface area (Å²) in [5, 5.41) is 18.7. The molecule has 0 heterocycles. The van der Waals surface area contributed by atoms with Gasteiger partial charge in [0.15, 0.2) is 0 Å². The molecule has 262 valence electrons. The van der Waals surface area contributed by atoms with E-state index in [2.05, 4.69) is 175 Å². The zero-order valence-electron chi connectivity index (χ0n) is 31.6. The summed E-state index contributed by atoms with van der Waals surface area (Å²) in [4.78, 5) is 2.46. The quantitative estimate of drug-likeness (QED) is 0.124. The predicted octanol–water partition coefficient (Wildman–Crippen LogP) is 12.5. The van der Waals surface area contributed by atoms with Crippen LogP contribution in [-0.2, 0) is 23.8 Å². The summed E-state index contributed by atoms with van der Waals surface area (Å²) in [7, 11) is 0. The van der Waals surface area contributed by atoms with Crippen molar-refractivity contribution >= 4 is 28.4 Å². The molecule has 3 N–H and O–H groups in total. The van der Waals surface area contributed by atoms with Crippen LogP contribution in [0.25, 0.3) is 0 Å². The first-order chi connectivity index (χ1) is 23.7. The first-order valence-corrected chi connectivity index (χ1v) is 18.2. The highest BCUT2D eigenvalue weighted by Gasteiger charge is 2.27. The topological polar surface area (TPSA) is 47.5 Å². The first kappa shape index (κ1) is 36.6. The summed E-state index contributed by atoms with van der Waals surface area (Å²) < 4.78 is 0. The summed E-state index contributed by atoms with van der Waals surface area (Å²) in [6.07, 6.45) is 1.95. The van der Waals surface area contributed by atoms with Gasteiger partial charge in [-0.1, -0.05) is 104 Å². The molecule has 0 amide bonds. The molecule has 0 fully saturated rings. The number of rotatable bonds is 12. The van der Waals surface area contributed by atoms with Gasteiger partial charge in [0.2, 0.25) is 0 Å². The van der Waals surface area contributed by atoms with Gasteiger partial charge in [-0.3, -0.25) is 0 Å². The van der Waals surface area contributed by atoms with Gasteiger partial charge in [-0.25, -0.2) is 0 Å². The zero-order valence-corrected chi connectivity index (χ0v) is 31.6. The van der Waals surface area contributed by atoms with Crippen molar-refractivity contribution in [2.45, 2.75) is 98.6 Å². The summed E-state index contributed by atoms with van der Waals surface area (Å²) in [5.41, 5.74) is 11.1. The number of phenols is 1. The molecule has 0 aliphatic carbocycles. The maximum Gasteiger partial charge on any atom is 0.124 e. The molecular formula is C46H57N3O. The van der Waals surface area contributed by atoms with Crippen molar-refractivity contribution in [3.05, 3.63) is 143 Å². The van der Waals surface area contributed by atoms with E-state index in [0.717, 1.165) is 52.4 Å². The number of phenolic OH excluding ortho intramolecular Hbond substituents is 1. The molecule has 4 nitrogen and oxygen atoms in total. The fourth-order valence-corrected chi connectivity index (χ4v) is 6.55. The third-order valence-electron chi connectivity index (χ3n) is 9.41. The summed E-state index contributed by atoms with van der Waals surface area (Å²) in [5.74, 6) is 0.984. The van der Waals surface area contributed by atoms with Gasteiger partial charge >= 0.3 is 0 Å². The summed E-state index contributed by atoms with van der Waals surface area (Å²) in [6, 6.07) is 41.1. The lowest BCUT2D eigenvalue weighted by atomic mass is 9.79. The molecule has 0 saturated carbocycles. The number of anilines is 5. The molecule has 0 bridgehead atoms. The maximum atomic E-state index is 11.6. The van der Waals surface area contributed by atoms with E-state index in [0.29, 0.717) is 24.3 Å². The fourth-order valence-electron chi connectivity index (χ4n) is 6.55. The van der Waals surface area contributed by atoms with Crippen LogP contribution in [0, 0.1) is 5.92 Å². The van der Waals surface area contributed by atoms with Crippen LogP contribution in [-0.4, -0.2) is 11.1 Å². The van der Waals surface area contributed by atoms with E-state index in [4.69, 9.17) is 0 Å². The van der Waals surface area contributed by atoms with Gasteiger partial charge in [0, 0.05) is 46.6 Å².